The average molecular weight is 192 g/mol. The molecule has 0 aromatic heterocycles. The topological polar surface area (TPSA) is 6.48 Å². The second kappa shape index (κ2) is 2.35. The van der Waals surface area contributed by atoms with E-state index in [0.29, 0.717) is 0 Å². The summed E-state index contributed by atoms with van der Waals surface area (Å²) in [5.74, 6) is 2.09. The normalized spacial score (nSPS) is 61.3. The van der Waals surface area contributed by atoms with Gasteiger partial charge in [-0.05, 0) is 51.6 Å². The fourth-order valence-corrected chi connectivity index (χ4v) is 5.38. The SMILES string of the molecule is CN1C2CCC1C1C2C2CCC1N2C. The summed E-state index contributed by atoms with van der Waals surface area (Å²) in [5, 5.41) is 0. The van der Waals surface area contributed by atoms with E-state index in [1.807, 2.05) is 0 Å². The summed E-state index contributed by atoms with van der Waals surface area (Å²) < 4.78 is 0. The summed E-state index contributed by atoms with van der Waals surface area (Å²) in [5.41, 5.74) is 0. The van der Waals surface area contributed by atoms with Crippen molar-refractivity contribution in [2.45, 2.75) is 49.9 Å². The monoisotopic (exact) mass is 192 g/mol. The van der Waals surface area contributed by atoms with E-state index in [-0.39, 0.29) is 0 Å². The molecule has 0 saturated carbocycles. The largest absolute Gasteiger partial charge is 0.300 e. The van der Waals surface area contributed by atoms with Crippen LogP contribution in [-0.4, -0.2) is 48.1 Å². The Bertz CT molecular complexity index is 225. The van der Waals surface area contributed by atoms with Crippen LogP contribution in [0.3, 0.4) is 0 Å². The first kappa shape index (κ1) is 8.12. The van der Waals surface area contributed by atoms with Crippen LogP contribution < -0.4 is 0 Å². The molecule has 0 radical (unpaired) electrons. The molecule has 4 unspecified atom stereocenters. The molecular formula is C12H20N2. The van der Waals surface area contributed by atoms with Crippen LogP contribution in [-0.2, 0) is 0 Å². The molecule has 4 fully saturated rings. The van der Waals surface area contributed by atoms with Crippen LogP contribution in [0.2, 0.25) is 0 Å². The number of fused-ring (bicyclic) bond motifs is 9. The fraction of sp³-hybridized carbons (Fsp3) is 1.00. The van der Waals surface area contributed by atoms with Gasteiger partial charge in [-0.3, -0.25) is 9.80 Å². The number of hydrogen-bond acceptors (Lipinski definition) is 2. The Morgan fingerprint density at radius 3 is 1.21 bits per heavy atom. The molecule has 4 rings (SSSR count). The third-order valence-corrected chi connectivity index (χ3v) is 5.83. The van der Waals surface area contributed by atoms with Crippen molar-refractivity contribution >= 4 is 0 Å². The van der Waals surface area contributed by atoms with Crippen LogP contribution in [0.25, 0.3) is 0 Å². The van der Waals surface area contributed by atoms with Crippen molar-refractivity contribution in [2.75, 3.05) is 14.1 Å². The Kier molecular flexibility index (Phi) is 1.37. The summed E-state index contributed by atoms with van der Waals surface area (Å²) >= 11 is 0. The molecule has 4 saturated heterocycles. The average Bonchev–Trinajstić information content (AvgIpc) is 2.87. The molecule has 14 heavy (non-hydrogen) atoms. The Morgan fingerprint density at radius 2 is 0.929 bits per heavy atom. The minimum Gasteiger partial charge on any atom is -0.300 e. The lowest BCUT2D eigenvalue weighted by molar-refractivity contribution is 0.203. The molecular weight excluding hydrogens is 172 g/mol. The van der Waals surface area contributed by atoms with E-state index in [1.54, 1.807) is 0 Å². The molecule has 0 N–H and O–H groups in total. The van der Waals surface area contributed by atoms with Gasteiger partial charge in [-0.25, -0.2) is 0 Å². The molecule has 0 aromatic carbocycles. The van der Waals surface area contributed by atoms with Gasteiger partial charge in [0.2, 0.25) is 0 Å². The third-order valence-electron chi connectivity index (χ3n) is 5.83. The molecule has 0 aromatic rings. The maximum atomic E-state index is 2.72. The van der Waals surface area contributed by atoms with Gasteiger partial charge < -0.3 is 0 Å². The van der Waals surface area contributed by atoms with E-state index in [0.717, 1.165) is 36.0 Å². The van der Waals surface area contributed by atoms with E-state index < -0.39 is 0 Å². The zero-order chi connectivity index (χ0) is 9.45. The Hall–Kier alpha value is -0.0800. The maximum absolute atomic E-state index is 2.72. The van der Waals surface area contributed by atoms with Gasteiger partial charge in [0.05, 0.1) is 0 Å². The van der Waals surface area contributed by atoms with E-state index in [9.17, 15) is 0 Å². The summed E-state index contributed by atoms with van der Waals surface area (Å²) in [6.07, 6.45) is 5.94. The van der Waals surface area contributed by atoms with Gasteiger partial charge in [-0.2, -0.15) is 0 Å². The number of rotatable bonds is 0. The van der Waals surface area contributed by atoms with Crippen molar-refractivity contribution < 1.29 is 0 Å². The first-order valence-corrected chi connectivity index (χ1v) is 6.23. The molecule has 4 aliphatic rings. The van der Waals surface area contributed by atoms with Crippen LogP contribution in [0.4, 0.5) is 0 Å². The van der Waals surface area contributed by atoms with E-state index in [4.69, 9.17) is 0 Å². The maximum Gasteiger partial charge on any atom is 0.0143 e. The zero-order valence-corrected chi connectivity index (χ0v) is 9.19. The minimum atomic E-state index is 0.947. The van der Waals surface area contributed by atoms with Gasteiger partial charge in [-0.1, -0.05) is 0 Å². The van der Waals surface area contributed by atoms with Crippen LogP contribution >= 0.6 is 0 Å². The summed E-state index contributed by atoms with van der Waals surface area (Å²) in [6.45, 7) is 0. The van der Waals surface area contributed by atoms with Gasteiger partial charge >= 0.3 is 0 Å². The van der Waals surface area contributed by atoms with Crippen molar-refractivity contribution in [1.82, 2.24) is 9.80 Å². The summed E-state index contributed by atoms with van der Waals surface area (Å²) in [7, 11) is 4.75. The number of hydrogen-bond donors (Lipinski definition) is 0. The standard InChI is InChI=1S/C12H20N2/c1-13-7-3-4-8(13)12-10-6-5-9(11(7)12)14(10)2/h7-12H,3-6H2,1-2H3. The van der Waals surface area contributed by atoms with Gasteiger partial charge in [0, 0.05) is 24.2 Å². The lowest BCUT2D eigenvalue weighted by atomic mass is 9.71. The van der Waals surface area contributed by atoms with Crippen molar-refractivity contribution in [1.29, 1.82) is 0 Å². The van der Waals surface area contributed by atoms with E-state index in [1.165, 1.54) is 25.7 Å². The van der Waals surface area contributed by atoms with Crippen molar-refractivity contribution in [3.05, 3.63) is 0 Å². The van der Waals surface area contributed by atoms with Crippen LogP contribution in [0, 0.1) is 11.8 Å². The van der Waals surface area contributed by atoms with Crippen molar-refractivity contribution in [3.63, 3.8) is 0 Å². The molecule has 4 atom stereocenters. The first-order chi connectivity index (χ1) is 6.79. The van der Waals surface area contributed by atoms with Crippen molar-refractivity contribution in [2.24, 2.45) is 11.8 Å². The molecule has 4 heterocycles. The highest BCUT2D eigenvalue weighted by atomic mass is 15.3. The van der Waals surface area contributed by atoms with Crippen LogP contribution in [0.15, 0.2) is 0 Å². The third kappa shape index (κ3) is 0.674. The molecule has 0 aliphatic carbocycles. The van der Waals surface area contributed by atoms with Gasteiger partial charge in [-0.15, -0.1) is 0 Å². The Balaban J connectivity index is 1.77. The second-order valence-electron chi connectivity index (χ2n) is 5.91. The highest BCUT2D eigenvalue weighted by Crippen LogP contribution is 2.58. The molecule has 4 aliphatic heterocycles. The molecule has 4 bridgehead atoms. The highest BCUT2D eigenvalue weighted by molar-refractivity contribution is 5.18. The van der Waals surface area contributed by atoms with E-state index in [2.05, 4.69) is 23.9 Å². The van der Waals surface area contributed by atoms with Gasteiger partial charge in [0.1, 0.15) is 0 Å². The van der Waals surface area contributed by atoms with Crippen molar-refractivity contribution in [3.8, 4) is 0 Å². The molecule has 2 nitrogen and oxygen atoms in total. The molecule has 2 heteroatoms. The quantitative estimate of drug-likeness (QED) is 0.568. The lowest BCUT2D eigenvalue weighted by Gasteiger charge is -2.31. The first-order valence-electron chi connectivity index (χ1n) is 6.23. The van der Waals surface area contributed by atoms with Gasteiger partial charge in [0.15, 0.2) is 0 Å². The smallest absolute Gasteiger partial charge is 0.0143 e. The zero-order valence-electron chi connectivity index (χ0n) is 9.19. The lowest BCUT2D eigenvalue weighted by Crippen LogP contribution is -2.36. The Labute approximate surface area is 86.2 Å². The van der Waals surface area contributed by atoms with Crippen LogP contribution in [0.5, 0.6) is 0 Å². The fourth-order valence-electron chi connectivity index (χ4n) is 5.38. The predicted molar refractivity (Wildman–Crippen MR) is 56.1 cm³/mol. The summed E-state index contributed by atoms with van der Waals surface area (Å²) in [6, 6.07) is 3.79. The number of nitrogens with zero attached hydrogens (tertiary/aromatic N) is 2. The Morgan fingerprint density at radius 1 is 0.643 bits per heavy atom. The van der Waals surface area contributed by atoms with Crippen LogP contribution in [0.1, 0.15) is 25.7 Å². The molecule has 78 valence electrons. The predicted octanol–water partition coefficient (Wildman–Crippen LogP) is 1.17. The minimum absolute atomic E-state index is 0.947. The summed E-state index contributed by atoms with van der Waals surface area (Å²) in [4.78, 5) is 5.43. The molecule has 0 spiro atoms. The second-order valence-corrected chi connectivity index (χ2v) is 5.91. The highest BCUT2D eigenvalue weighted by Gasteiger charge is 2.64. The van der Waals surface area contributed by atoms with E-state index >= 15 is 0 Å². The molecule has 0 amide bonds. The van der Waals surface area contributed by atoms with Gasteiger partial charge in [0.25, 0.3) is 0 Å².